The van der Waals surface area contributed by atoms with Crippen LogP contribution in [0.2, 0.25) is 5.02 Å². The van der Waals surface area contributed by atoms with Crippen molar-refractivity contribution in [3.63, 3.8) is 0 Å². The Bertz CT molecular complexity index is 1800. The van der Waals surface area contributed by atoms with Crippen molar-refractivity contribution in [2.45, 2.75) is 69.7 Å². The molecule has 4 atom stereocenters. The first-order valence-corrected chi connectivity index (χ1v) is 16.9. The molecule has 0 radical (unpaired) electrons. The minimum atomic E-state index is -0.656. The number of halogens is 3. The molecule has 4 unspecified atom stereocenters. The summed E-state index contributed by atoms with van der Waals surface area (Å²) in [5.74, 6) is -0.519. The van der Waals surface area contributed by atoms with E-state index in [4.69, 9.17) is 26.1 Å². The second-order valence-electron chi connectivity index (χ2n) is 13.2. The number of hydrogen-bond acceptors (Lipinski definition) is 8. The van der Waals surface area contributed by atoms with E-state index in [1.165, 1.54) is 12.1 Å². The van der Waals surface area contributed by atoms with Gasteiger partial charge in [0.1, 0.15) is 22.9 Å². The standard InChI is InChI=1S/C35H38ClF2N5O3/c1-2-25-29(37)9-4-19-12-22(44)13-26(30(19)25)31-28(36)14-27-33(32(31)38)40-35(41-34(27)43-15-20-5-6-21(16-43)39-20)45-11-3-10-42-17-23-7-8-24(18-42)46-23/h4,9,12-14,20-21,23-24,39,44H,2-3,5-8,10-11,15-18H2,1H3. The second kappa shape index (κ2) is 12.0. The van der Waals surface area contributed by atoms with Crippen LogP contribution < -0.4 is 15.0 Å². The fraction of sp³-hybridized carbons (Fsp3) is 0.486. The third-order valence-corrected chi connectivity index (χ3v) is 10.4. The van der Waals surface area contributed by atoms with E-state index in [0.29, 0.717) is 70.4 Å². The predicted octanol–water partition coefficient (Wildman–Crippen LogP) is 6.22. The van der Waals surface area contributed by atoms with E-state index in [-0.39, 0.29) is 27.9 Å². The molecule has 2 N–H and O–H groups in total. The van der Waals surface area contributed by atoms with Crippen molar-refractivity contribution >= 4 is 39.1 Å². The zero-order valence-corrected chi connectivity index (χ0v) is 26.6. The van der Waals surface area contributed by atoms with Crippen LogP contribution in [-0.2, 0) is 11.2 Å². The van der Waals surface area contributed by atoms with Gasteiger partial charge in [0.15, 0.2) is 5.82 Å². The molecule has 4 aromatic rings. The van der Waals surface area contributed by atoms with Gasteiger partial charge in [0.2, 0.25) is 0 Å². The van der Waals surface area contributed by atoms with Gasteiger partial charge in [-0.05, 0) is 84.7 Å². The topological polar surface area (TPSA) is 83.0 Å². The number of fused-ring (bicyclic) bond motifs is 6. The Kier molecular flexibility index (Phi) is 7.87. The van der Waals surface area contributed by atoms with E-state index in [9.17, 15) is 5.11 Å². The van der Waals surface area contributed by atoms with Crippen LogP contribution in [0, 0.1) is 11.6 Å². The Labute approximate surface area is 271 Å². The molecule has 46 heavy (non-hydrogen) atoms. The third kappa shape index (κ3) is 5.43. The predicted molar refractivity (Wildman–Crippen MR) is 175 cm³/mol. The Hall–Kier alpha value is -3.31. The number of nitrogens with zero attached hydrogens (tertiary/aromatic N) is 4. The first kappa shape index (κ1) is 30.1. The van der Waals surface area contributed by atoms with Gasteiger partial charge in [-0.1, -0.05) is 24.6 Å². The van der Waals surface area contributed by atoms with Crippen LogP contribution in [-0.4, -0.2) is 83.6 Å². The molecule has 11 heteroatoms. The number of nitrogens with one attached hydrogen (secondary N) is 1. The number of anilines is 1. The molecule has 4 fully saturated rings. The van der Waals surface area contributed by atoms with Crippen molar-refractivity contribution in [1.29, 1.82) is 0 Å². The van der Waals surface area contributed by atoms with E-state index in [0.717, 1.165) is 64.8 Å². The lowest BCUT2D eigenvalue weighted by molar-refractivity contribution is -0.0391. The molecular formula is C35H38ClF2N5O3. The van der Waals surface area contributed by atoms with Crippen molar-refractivity contribution in [3.8, 4) is 22.9 Å². The molecule has 4 aliphatic heterocycles. The van der Waals surface area contributed by atoms with Gasteiger partial charge in [-0.3, -0.25) is 4.90 Å². The van der Waals surface area contributed by atoms with Gasteiger partial charge in [-0.15, -0.1) is 0 Å². The van der Waals surface area contributed by atoms with Crippen LogP contribution in [0.1, 0.15) is 44.6 Å². The van der Waals surface area contributed by atoms with Gasteiger partial charge >= 0.3 is 6.01 Å². The minimum Gasteiger partial charge on any atom is -0.508 e. The molecule has 1 aromatic heterocycles. The van der Waals surface area contributed by atoms with Crippen molar-refractivity contribution in [1.82, 2.24) is 20.2 Å². The highest BCUT2D eigenvalue weighted by Crippen LogP contribution is 2.44. The van der Waals surface area contributed by atoms with Gasteiger partial charge in [0, 0.05) is 55.8 Å². The van der Waals surface area contributed by atoms with E-state index in [1.54, 1.807) is 18.2 Å². The summed E-state index contributed by atoms with van der Waals surface area (Å²) in [5.41, 5.74) is 0.896. The van der Waals surface area contributed by atoms with E-state index >= 15 is 8.78 Å². The summed E-state index contributed by atoms with van der Waals surface area (Å²) in [6.07, 6.45) is 6.25. The second-order valence-corrected chi connectivity index (χ2v) is 13.6. The monoisotopic (exact) mass is 649 g/mol. The summed E-state index contributed by atoms with van der Waals surface area (Å²) in [5, 5.41) is 16.0. The van der Waals surface area contributed by atoms with Crippen LogP contribution in [0.4, 0.5) is 14.6 Å². The molecular weight excluding hydrogens is 612 g/mol. The number of piperazine rings is 1. The first-order chi connectivity index (χ1) is 22.3. The normalized spacial score (nSPS) is 24.4. The Morgan fingerprint density at radius 2 is 1.78 bits per heavy atom. The maximum absolute atomic E-state index is 17.0. The van der Waals surface area contributed by atoms with Gasteiger partial charge in [0.25, 0.3) is 0 Å². The lowest BCUT2D eigenvalue weighted by Gasteiger charge is -2.34. The van der Waals surface area contributed by atoms with Crippen LogP contribution in [0.15, 0.2) is 30.3 Å². The number of phenols is 1. The molecule has 0 spiro atoms. The summed E-state index contributed by atoms with van der Waals surface area (Å²) >= 11 is 6.91. The molecule has 0 amide bonds. The van der Waals surface area contributed by atoms with Crippen LogP contribution in [0.3, 0.4) is 0 Å². The van der Waals surface area contributed by atoms with Gasteiger partial charge in [-0.2, -0.15) is 9.97 Å². The Balaban J connectivity index is 1.19. The number of phenolic OH excluding ortho intramolecular Hbond substituents is 1. The molecule has 3 aromatic carbocycles. The lowest BCUT2D eigenvalue weighted by atomic mass is 9.92. The molecule has 0 aliphatic carbocycles. The average Bonchev–Trinajstić information content (AvgIpc) is 3.57. The van der Waals surface area contributed by atoms with Gasteiger partial charge in [-0.25, -0.2) is 8.78 Å². The molecule has 4 aliphatic rings. The molecule has 8 rings (SSSR count). The molecule has 8 nitrogen and oxygen atoms in total. The maximum Gasteiger partial charge on any atom is 0.319 e. The van der Waals surface area contributed by atoms with E-state index in [1.807, 2.05) is 6.92 Å². The van der Waals surface area contributed by atoms with Crippen molar-refractivity contribution < 1.29 is 23.4 Å². The molecule has 5 heterocycles. The summed E-state index contributed by atoms with van der Waals surface area (Å²) in [7, 11) is 0. The van der Waals surface area contributed by atoms with Crippen LogP contribution in [0.5, 0.6) is 11.8 Å². The number of morpholine rings is 1. The number of ether oxygens (including phenoxy) is 2. The average molecular weight is 650 g/mol. The van der Waals surface area contributed by atoms with E-state index < -0.39 is 11.6 Å². The number of aromatic nitrogens is 2. The summed E-state index contributed by atoms with van der Waals surface area (Å²) < 4.78 is 44.1. The highest BCUT2D eigenvalue weighted by molar-refractivity contribution is 6.35. The Morgan fingerprint density at radius 1 is 1.02 bits per heavy atom. The molecule has 4 bridgehead atoms. The number of likely N-dealkylation sites (tertiary alicyclic amines) is 1. The minimum absolute atomic E-state index is 0.0632. The zero-order valence-electron chi connectivity index (χ0n) is 25.9. The quantitative estimate of drug-likeness (QED) is 0.218. The fourth-order valence-electron chi connectivity index (χ4n) is 8.06. The van der Waals surface area contributed by atoms with Crippen LogP contribution >= 0.6 is 11.6 Å². The van der Waals surface area contributed by atoms with Crippen molar-refractivity contribution in [2.24, 2.45) is 0 Å². The summed E-state index contributed by atoms with van der Waals surface area (Å²) in [6, 6.07) is 8.44. The highest BCUT2D eigenvalue weighted by atomic mass is 35.5. The van der Waals surface area contributed by atoms with Gasteiger partial charge < -0.3 is 24.8 Å². The smallest absolute Gasteiger partial charge is 0.319 e. The first-order valence-electron chi connectivity index (χ1n) is 16.5. The van der Waals surface area contributed by atoms with Crippen molar-refractivity contribution in [2.75, 3.05) is 44.2 Å². The number of aromatic hydroxyl groups is 1. The summed E-state index contributed by atoms with van der Waals surface area (Å²) in [4.78, 5) is 14.1. The number of benzene rings is 3. The van der Waals surface area contributed by atoms with E-state index in [2.05, 4.69) is 20.1 Å². The van der Waals surface area contributed by atoms with Crippen LogP contribution in [0.25, 0.3) is 32.8 Å². The third-order valence-electron chi connectivity index (χ3n) is 10.1. The molecule has 4 saturated heterocycles. The Morgan fingerprint density at radius 3 is 2.52 bits per heavy atom. The molecule has 0 saturated carbocycles. The number of rotatable bonds is 8. The largest absolute Gasteiger partial charge is 0.508 e. The fourth-order valence-corrected chi connectivity index (χ4v) is 8.35. The number of hydrogen-bond donors (Lipinski definition) is 2. The SMILES string of the molecule is CCc1c(F)ccc2cc(O)cc(-c3c(Cl)cc4c(N5CC6CCC(C5)N6)nc(OCCCN5CC6CCC(C5)O6)nc4c3F)c12. The van der Waals surface area contributed by atoms with Crippen molar-refractivity contribution in [3.05, 3.63) is 52.6 Å². The lowest BCUT2D eigenvalue weighted by Crippen LogP contribution is -2.51. The number of aryl methyl sites for hydroxylation is 1. The highest BCUT2D eigenvalue weighted by Gasteiger charge is 2.35. The zero-order chi connectivity index (χ0) is 31.5. The maximum atomic E-state index is 17.0. The molecule has 242 valence electrons. The summed E-state index contributed by atoms with van der Waals surface area (Å²) in [6.45, 7) is 6.48. The van der Waals surface area contributed by atoms with Gasteiger partial charge in [0.05, 0.1) is 23.8 Å².